The Kier molecular flexibility index (Phi) is 3.87. The van der Waals surface area contributed by atoms with Crippen molar-refractivity contribution in [3.8, 4) is 0 Å². The van der Waals surface area contributed by atoms with Crippen molar-refractivity contribution in [2.45, 2.75) is 38.4 Å². The molecule has 1 amide bonds. The number of benzene rings is 1. The minimum absolute atomic E-state index is 0.0955. The Hall–Kier alpha value is -1.55. The highest BCUT2D eigenvalue weighted by atomic mass is 16.2. The maximum Gasteiger partial charge on any atom is 0.242 e. The van der Waals surface area contributed by atoms with Crippen molar-refractivity contribution in [1.82, 2.24) is 5.32 Å². The second-order valence-corrected chi connectivity index (χ2v) is 4.94. The zero-order valence-corrected chi connectivity index (χ0v) is 11.0. The monoisotopic (exact) mass is 247 g/mol. The van der Waals surface area contributed by atoms with E-state index >= 15 is 0 Å². The molecule has 1 aliphatic rings. The first-order valence-electron chi connectivity index (χ1n) is 6.44. The van der Waals surface area contributed by atoms with Gasteiger partial charge < -0.3 is 16.0 Å². The summed E-state index contributed by atoms with van der Waals surface area (Å²) >= 11 is 0. The van der Waals surface area contributed by atoms with E-state index in [0.29, 0.717) is 12.6 Å². The average molecular weight is 247 g/mol. The first kappa shape index (κ1) is 12.9. The zero-order chi connectivity index (χ0) is 13.1. The third-order valence-electron chi connectivity index (χ3n) is 3.44. The van der Waals surface area contributed by atoms with Crippen molar-refractivity contribution in [2.75, 3.05) is 11.9 Å². The fraction of sp³-hybridized carbons (Fsp3) is 0.500. The van der Waals surface area contributed by atoms with Crippen LogP contribution in [0, 0.1) is 0 Å². The van der Waals surface area contributed by atoms with Crippen LogP contribution in [0.1, 0.15) is 25.3 Å². The molecular weight excluding hydrogens is 226 g/mol. The Bertz CT molecular complexity index is 429. The summed E-state index contributed by atoms with van der Waals surface area (Å²) in [5, 5.41) is 3.03. The molecule has 3 N–H and O–H groups in total. The SMILES string of the molecule is CC(C(=O)NC1CC1)N(C)c1cccc(CN)c1. The lowest BCUT2D eigenvalue weighted by atomic mass is 10.1. The van der Waals surface area contributed by atoms with E-state index in [2.05, 4.69) is 5.32 Å². The summed E-state index contributed by atoms with van der Waals surface area (Å²) in [4.78, 5) is 14.0. The van der Waals surface area contributed by atoms with E-state index in [0.717, 1.165) is 24.1 Å². The van der Waals surface area contributed by atoms with Gasteiger partial charge in [0.1, 0.15) is 6.04 Å². The molecule has 0 aromatic heterocycles. The molecule has 1 fully saturated rings. The number of nitrogens with zero attached hydrogens (tertiary/aromatic N) is 1. The van der Waals surface area contributed by atoms with Crippen LogP contribution in [0.2, 0.25) is 0 Å². The maximum absolute atomic E-state index is 12.0. The van der Waals surface area contributed by atoms with Gasteiger partial charge in [-0.15, -0.1) is 0 Å². The molecule has 98 valence electrons. The Morgan fingerprint density at radius 2 is 2.28 bits per heavy atom. The van der Waals surface area contributed by atoms with Gasteiger partial charge in [-0.25, -0.2) is 0 Å². The van der Waals surface area contributed by atoms with Crippen LogP contribution in [0.4, 0.5) is 5.69 Å². The molecule has 0 radical (unpaired) electrons. The summed E-state index contributed by atoms with van der Waals surface area (Å²) in [7, 11) is 1.94. The summed E-state index contributed by atoms with van der Waals surface area (Å²) < 4.78 is 0. The number of rotatable bonds is 5. The Morgan fingerprint density at radius 3 is 2.89 bits per heavy atom. The van der Waals surface area contributed by atoms with Gasteiger partial charge in [0, 0.05) is 25.3 Å². The largest absolute Gasteiger partial charge is 0.363 e. The summed E-state index contributed by atoms with van der Waals surface area (Å²) in [6, 6.07) is 8.23. The molecule has 1 saturated carbocycles. The normalized spacial score (nSPS) is 16.2. The number of hydrogen-bond donors (Lipinski definition) is 2. The van der Waals surface area contributed by atoms with Crippen LogP contribution in [0.3, 0.4) is 0 Å². The van der Waals surface area contributed by atoms with Gasteiger partial charge in [-0.3, -0.25) is 4.79 Å². The van der Waals surface area contributed by atoms with E-state index in [1.807, 2.05) is 43.1 Å². The lowest BCUT2D eigenvalue weighted by Crippen LogP contribution is -2.44. The number of likely N-dealkylation sites (N-methyl/N-ethyl adjacent to an activating group) is 1. The summed E-state index contributed by atoms with van der Waals surface area (Å²) in [5.74, 6) is 0.0955. The molecule has 1 aliphatic carbocycles. The molecule has 4 heteroatoms. The highest BCUT2D eigenvalue weighted by Crippen LogP contribution is 2.20. The number of nitrogens with two attached hydrogens (primary N) is 1. The van der Waals surface area contributed by atoms with Crippen LogP contribution in [0.5, 0.6) is 0 Å². The van der Waals surface area contributed by atoms with Gasteiger partial charge in [-0.2, -0.15) is 0 Å². The second kappa shape index (κ2) is 5.40. The van der Waals surface area contributed by atoms with Crippen LogP contribution in [0.15, 0.2) is 24.3 Å². The van der Waals surface area contributed by atoms with E-state index < -0.39 is 0 Å². The second-order valence-electron chi connectivity index (χ2n) is 4.94. The topological polar surface area (TPSA) is 58.4 Å². The first-order chi connectivity index (χ1) is 8.61. The van der Waals surface area contributed by atoms with Crippen LogP contribution in [0.25, 0.3) is 0 Å². The van der Waals surface area contributed by atoms with Gasteiger partial charge in [0.05, 0.1) is 0 Å². The average Bonchev–Trinajstić information content (AvgIpc) is 3.20. The van der Waals surface area contributed by atoms with Gasteiger partial charge in [-0.05, 0) is 37.5 Å². The van der Waals surface area contributed by atoms with E-state index in [1.165, 1.54) is 0 Å². The fourth-order valence-electron chi connectivity index (χ4n) is 1.85. The van der Waals surface area contributed by atoms with Gasteiger partial charge in [-0.1, -0.05) is 12.1 Å². The zero-order valence-electron chi connectivity index (χ0n) is 11.0. The summed E-state index contributed by atoms with van der Waals surface area (Å²) in [6.45, 7) is 2.44. The van der Waals surface area contributed by atoms with E-state index in [1.54, 1.807) is 0 Å². The van der Waals surface area contributed by atoms with Crippen molar-refractivity contribution in [3.05, 3.63) is 29.8 Å². The van der Waals surface area contributed by atoms with Gasteiger partial charge in [0.15, 0.2) is 0 Å². The molecule has 0 heterocycles. The molecule has 2 rings (SSSR count). The molecule has 1 atom stereocenters. The number of amides is 1. The van der Waals surface area contributed by atoms with Crippen molar-refractivity contribution in [2.24, 2.45) is 5.73 Å². The third-order valence-corrected chi connectivity index (χ3v) is 3.44. The van der Waals surface area contributed by atoms with E-state index in [4.69, 9.17) is 5.73 Å². The molecule has 0 saturated heterocycles. The predicted molar refractivity (Wildman–Crippen MR) is 73.4 cm³/mol. The van der Waals surface area contributed by atoms with Crippen LogP contribution >= 0.6 is 0 Å². The van der Waals surface area contributed by atoms with Crippen LogP contribution < -0.4 is 16.0 Å². The van der Waals surface area contributed by atoms with Gasteiger partial charge in [0.25, 0.3) is 0 Å². The third kappa shape index (κ3) is 3.01. The quantitative estimate of drug-likeness (QED) is 0.823. The molecule has 1 unspecified atom stereocenters. The highest BCUT2D eigenvalue weighted by Gasteiger charge is 2.27. The number of carbonyl (C=O) groups is 1. The number of nitrogens with one attached hydrogen (secondary N) is 1. The molecule has 18 heavy (non-hydrogen) atoms. The van der Waals surface area contributed by atoms with Gasteiger partial charge >= 0.3 is 0 Å². The van der Waals surface area contributed by atoms with Gasteiger partial charge in [0.2, 0.25) is 5.91 Å². The molecule has 4 nitrogen and oxygen atoms in total. The van der Waals surface area contributed by atoms with E-state index in [-0.39, 0.29) is 11.9 Å². The van der Waals surface area contributed by atoms with E-state index in [9.17, 15) is 4.79 Å². The molecule has 1 aromatic carbocycles. The van der Waals surface area contributed by atoms with Crippen LogP contribution in [-0.4, -0.2) is 25.0 Å². The minimum atomic E-state index is -0.168. The number of hydrogen-bond acceptors (Lipinski definition) is 3. The van der Waals surface area contributed by atoms with Crippen LogP contribution in [-0.2, 0) is 11.3 Å². The molecule has 0 bridgehead atoms. The minimum Gasteiger partial charge on any atom is -0.363 e. The number of anilines is 1. The van der Waals surface area contributed by atoms with Crippen molar-refractivity contribution in [1.29, 1.82) is 0 Å². The Balaban J connectivity index is 2.03. The highest BCUT2D eigenvalue weighted by molar-refractivity contribution is 5.85. The lowest BCUT2D eigenvalue weighted by molar-refractivity contribution is -0.122. The molecule has 1 aromatic rings. The first-order valence-corrected chi connectivity index (χ1v) is 6.44. The predicted octanol–water partition coefficient (Wildman–Crippen LogP) is 1.25. The van der Waals surface area contributed by atoms with Crippen molar-refractivity contribution < 1.29 is 4.79 Å². The fourth-order valence-corrected chi connectivity index (χ4v) is 1.85. The Morgan fingerprint density at radius 1 is 1.56 bits per heavy atom. The van der Waals surface area contributed by atoms with Crippen molar-refractivity contribution >= 4 is 11.6 Å². The summed E-state index contributed by atoms with van der Waals surface area (Å²) in [5.41, 5.74) is 7.73. The maximum atomic E-state index is 12.0. The molecule has 0 spiro atoms. The standard InChI is InChI=1S/C14H21N3O/c1-10(14(18)16-12-6-7-12)17(2)13-5-3-4-11(8-13)9-15/h3-5,8,10,12H,6-7,9,15H2,1-2H3,(H,16,18). The molecular formula is C14H21N3O. The number of carbonyl (C=O) groups excluding carboxylic acids is 1. The lowest BCUT2D eigenvalue weighted by Gasteiger charge is -2.26. The molecule has 0 aliphatic heterocycles. The van der Waals surface area contributed by atoms with Crippen molar-refractivity contribution in [3.63, 3.8) is 0 Å². The smallest absolute Gasteiger partial charge is 0.242 e. The Labute approximate surface area is 108 Å². The summed E-state index contributed by atoms with van der Waals surface area (Å²) in [6.07, 6.45) is 2.23.